The number of methoxy groups -OCH3 is 1. The number of hydrogen-bond acceptors (Lipinski definition) is 2. The quantitative estimate of drug-likeness (QED) is 0.546. The summed E-state index contributed by atoms with van der Waals surface area (Å²) in [7, 11) is 1.39. The van der Waals surface area contributed by atoms with Gasteiger partial charge >= 0.3 is 0 Å². The molecule has 0 radical (unpaired) electrons. The average Bonchev–Trinajstić information content (AvgIpc) is 2.16. The summed E-state index contributed by atoms with van der Waals surface area (Å²) in [5.74, 6) is -0.782. The van der Waals surface area contributed by atoms with Gasteiger partial charge in [-0.3, -0.25) is 4.79 Å². The maximum atomic E-state index is 13.3. The molecular weight excluding hydrogens is 183 g/mol. The number of hydrogen-bond donors (Lipinski definition) is 0. The predicted octanol–water partition coefficient (Wildman–Crippen LogP) is 2.59. The Morgan fingerprint density at radius 1 is 1.50 bits per heavy atom. The third kappa shape index (κ3) is 1.82. The number of halogens is 1. The molecule has 74 valence electrons. The van der Waals surface area contributed by atoms with Crippen LogP contribution in [0.1, 0.15) is 17.3 Å². The zero-order chi connectivity index (χ0) is 10.7. The van der Waals surface area contributed by atoms with Crippen LogP contribution in [-0.2, 0) is 0 Å². The number of ketones is 1. The molecule has 1 rings (SSSR count). The molecule has 0 spiro atoms. The first-order valence-corrected chi connectivity index (χ1v) is 4.10. The van der Waals surface area contributed by atoms with Crippen molar-refractivity contribution in [1.29, 1.82) is 0 Å². The molecule has 1 aromatic rings. The lowest BCUT2D eigenvalue weighted by Crippen LogP contribution is -2.05. The monoisotopic (exact) mass is 194 g/mol. The number of rotatable bonds is 3. The lowest BCUT2D eigenvalue weighted by molar-refractivity contribution is 0.102. The van der Waals surface area contributed by atoms with Crippen LogP contribution in [0.2, 0.25) is 0 Å². The van der Waals surface area contributed by atoms with Crippen molar-refractivity contribution >= 4 is 5.78 Å². The summed E-state index contributed by atoms with van der Waals surface area (Å²) in [6, 6.07) is 4.25. The van der Waals surface area contributed by atoms with Gasteiger partial charge in [-0.25, -0.2) is 4.39 Å². The molecule has 0 N–H and O–H groups in total. The molecule has 0 saturated carbocycles. The molecule has 0 saturated heterocycles. The van der Waals surface area contributed by atoms with E-state index in [1.807, 2.05) is 0 Å². The minimum atomic E-state index is -0.586. The number of carbonyl (C=O) groups is 1. The zero-order valence-corrected chi connectivity index (χ0v) is 8.13. The number of Topliss-reactive ketones (excluding diaryl/α,β-unsaturated/α-hetero) is 1. The van der Waals surface area contributed by atoms with Crippen LogP contribution in [0, 0.1) is 5.82 Å². The predicted molar refractivity (Wildman–Crippen MR) is 52.1 cm³/mol. The van der Waals surface area contributed by atoms with Crippen molar-refractivity contribution in [2.45, 2.75) is 6.92 Å². The molecule has 0 bridgehead atoms. The summed E-state index contributed by atoms with van der Waals surface area (Å²) < 4.78 is 18.2. The lowest BCUT2D eigenvalue weighted by atomic mass is 10.0. The molecule has 0 amide bonds. The topological polar surface area (TPSA) is 26.3 Å². The molecule has 0 aromatic heterocycles. The average molecular weight is 194 g/mol. The van der Waals surface area contributed by atoms with E-state index in [0.29, 0.717) is 0 Å². The van der Waals surface area contributed by atoms with E-state index >= 15 is 0 Å². The van der Waals surface area contributed by atoms with Crippen LogP contribution in [0.3, 0.4) is 0 Å². The molecule has 0 aliphatic heterocycles. The summed E-state index contributed by atoms with van der Waals surface area (Å²) in [5.41, 5.74) is 0.232. The summed E-state index contributed by atoms with van der Waals surface area (Å²) >= 11 is 0. The number of carbonyl (C=O) groups excluding carboxylic acids is 1. The number of allylic oxidation sites excluding steroid dienone is 1. The minimum absolute atomic E-state index is 0.0532. The fourth-order valence-corrected chi connectivity index (χ4v) is 1.11. The Kier molecular flexibility index (Phi) is 3.02. The SMILES string of the molecule is C=C(C)C(=O)c1c(F)cccc1OC. The molecule has 0 unspecified atom stereocenters. The Hall–Kier alpha value is -1.64. The van der Waals surface area contributed by atoms with E-state index in [4.69, 9.17) is 4.74 Å². The van der Waals surface area contributed by atoms with Crippen LogP contribution >= 0.6 is 0 Å². The lowest BCUT2D eigenvalue weighted by Gasteiger charge is -2.07. The molecule has 0 aliphatic rings. The van der Waals surface area contributed by atoms with Gasteiger partial charge in [0.05, 0.1) is 12.7 Å². The van der Waals surface area contributed by atoms with E-state index in [-0.39, 0.29) is 16.9 Å². The molecule has 0 atom stereocenters. The van der Waals surface area contributed by atoms with Gasteiger partial charge in [0, 0.05) is 0 Å². The smallest absolute Gasteiger partial charge is 0.194 e. The third-order valence-electron chi connectivity index (χ3n) is 1.81. The molecule has 1 aromatic carbocycles. The van der Waals surface area contributed by atoms with Crippen molar-refractivity contribution in [3.63, 3.8) is 0 Å². The van der Waals surface area contributed by atoms with E-state index in [1.165, 1.54) is 26.2 Å². The first kappa shape index (κ1) is 10.4. The number of ether oxygens (including phenoxy) is 1. The van der Waals surface area contributed by atoms with Crippen LogP contribution in [0.5, 0.6) is 5.75 Å². The molecule has 0 heterocycles. The minimum Gasteiger partial charge on any atom is -0.496 e. The van der Waals surface area contributed by atoms with Gasteiger partial charge in [0.25, 0.3) is 0 Å². The number of benzene rings is 1. The Balaban J connectivity index is 3.30. The largest absolute Gasteiger partial charge is 0.496 e. The van der Waals surface area contributed by atoms with Gasteiger partial charge in [0.1, 0.15) is 11.6 Å². The second kappa shape index (κ2) is 4.05. The van der Waals surface area contributed by atoms with Crippen LogP contribution < -0.4 is 4.74 Å². The van der Waals surface area contributed by atoms with Crippen LogP contribution in [0.15, 0.2) is 30.4 Å². The van der Waals surface area contributed by atoms with E-state index in [0.717, 1.165) is 0 Å². The van der Waals surface area contributed by atoms with E-state index in [1.54, 1.807) is 6.07 Å². The second-order valence-corrected chi connectivity index (χ2v) is 2.93. The van der Waals surface area contributed by atoms with Crippen molar-refractivity contribution < 1.29 is 13.9 Å². The van der Waals surface area contributed by atoms with Crippen molar-refractivity contribution in [2.24, 2.45) is 0 Å². The van der Waals surface area contributed by atoms with Gasteiger partial charge in [-0.15, -0.1) is 0 Å². The van der Waals surface area contributed by atoms with Crippen molar-refractivity contribution in [3.8, 4) is 5.75 Å². The van der Waals surface area contributed by atoms with Gasteiger partial charge in [-0.2, -0.15) is 0 Å². The molecular formula is C11H11FO2. The van der Waals surface area contributed by atoms with Gasteiger partial charge in [-0.05, 0) is 24.6 Å². The van der Waals surface area contributed by atoms with E-state index in [9.17, 15) is 9.18 Å². The third-order valence-corrected chi connectivity index (χ3v) is 1.81. The van der Waals surface area contributed by atoms with Crippen molar-refractivity contribution in [3.05, 3.63) is 41.7 Å². The van der Waals surface area contributed by atoms with E-state index in [2.05, 4.69) is 6.58 Å². The molecule has 2 nitrogen and oxygen atoms in total. The Morgan fingerprint density at radius 3 is 2.64 bits per heavy atom. The van der Waals surface area contributed by atoms with Crippen molar-refractivity contribution in [1.82, 2.24) is 0 Å². The normalized spacial score (nSPS) is 9.64. The molecule has 0 fully saturated rings. The van der Waals surface area contributed by atoms with Gasteiger partial charge in [0.2, 0.25) is 0 Å². The van der Waals surface area contributed by atoms with Crippen LogP contribution in [0.25, 0.3) is 0 Å². The van der Waals surface area contributed by atoms with E-state index < -0.39 is 11.6 Å². The zero-order valence-electron chi connectivity index (χ0n) is 8.13. The molecule has 14 heavy (non-hydrogen) atoms. The second-order valence-electron chi connectivity index (χ2n) is 2.93. The standard InChI is InChI=1S/C11H11FO2/c1-7(2)11(13)10-8(12)5-4-6-9(10)14-3/h4-6H,1H2,2-3H3. The fraction of sp³-hybridized carbons (Fsp3) is 0.182. The maximum absolute atomic E-state index is 13.3. The Bertz CT molecular complexity index is 383. The Labute approximate surface area is 82.0 Å². The van der Waals surface area contributed by atoms with Gasteiger partial charge < -0.3 is 4.74 Å². The first-order chi connectivity index (χ1) is 6.57. The fourth-order valence-electron chi connectivity index (χ4n) is 1.11. The summed E-state index contributed by atoms with van der Waals surface area (Å²) in [4.78, 5) is 11.5. The van der Waals surface area contributed by atoms with Crippen molar-refractivity contribution in [2.75, 3.05) is 7.11 Å². The first-order valence-electron chi connectivity index (χ1n) is 4.10. The highest BCUT2D eigenvalue weighted by Gasteiger charge is 2.17. The highest BCUT2D eigenvalue weighted by atomic mass is 19.1. The van der Waals surface area contributed by atoms with Gasteiger partial charge in [-0.1, -0.05) is 12.6 Å². The summed E-state index contributed by atoms with van der Waals surface area (Å²) in [6.07, 6.45) is 0. The highest BCUT2D eigenvalue weighted by molar-refractivity contribution is 6.09. The van der Waals surface area contributed by atoms with Crippen LogP contribution in [-0.4, -0.2) is 12.9 Å². The van der Waals surface area contributed by atoms with Gasteiger partial charge in [0.15, 0.2) is 5.78 Å². The maximum Gasteiger partial charge on any atom is 0.194 e. The highest BCUT2D eigenvalue weighted by Crippen LogP contribution is 2.23. The molecule has 0 aliphatic carbocycles. The summed E-state index contributed by atoms with van der Waals surface area (Å²) in [6.45, 7) is 5.01. The summed E-state index contributed by atoms with van der Waals surface area (Å²) in [5, 5.41) is 0. The van der Waals surface area contributed by atoms with Crippen LogP contribution in [0.4, 0.5) is 4.39 Å². The Morgan fingerprint density at radius 2 is 2.14 bits per heavy atom. The molecule has 3 heteroatoms.